The Morgan fingerprint density at radius 2 is 1.80 bits per heavy atom. The summed E-state index contributed by atoms with van der Waals surface area (Å²) in [5, 5.41) is 2.92. The van der Waals surface area contributed by atoms with Crippen molar-refractivity contribution in [2.24, 2.45) is 11.8 Å². The summed E-state index contributed by atoms with van der Waals surface area (Å²) in [6.07, 6.45) is 2.53. The average molecular weight is 573 g/mol. The first-order valence-corrected chi connectivity index (χ1v) is 14.7. The summed E-state index contributed by atoms with van der Waals surface area (Å²) in [6, 6.07) is 6.48. The van der Waals surface area contributed by atoms with Gasteiger partial charge in [0.2, 0.25) is 5.91 Å². The number of nitrogens with zero attached hydrogens (tertiary/aromatic N) is 1. The largest absolute Gasteiger partial charge is 0.497 e. The van der Waals surface area contributed by atoms with Gasteiger partial charge in [-0.2, -0.15) is 0 Å². The summed E-state index contributed by atoms with van der Waals surface area (Å²) < 4.78 is 21.8. The Bertz CT molecular complexity index is 1060. The van der Waals surface area contributed by atoms with Gasteiger partial charge in [-0.1, -0.05) is 19.1 Å². The first-order valence-electron chi connectivity index (χ1n) is 14.7. The van der Waals surface area contributed by atoms with Crippen LogP contribution in [0.3, 0.4) is 0 Å². The predicted octanol–water partition coefficient (Wildman–Crippen LogP) is 2.15. The van der Waals surface area contributed by atoms with Crippen molar-refractivity contribution in [1.82, 2.24) is 10.2 Å². The number of Topliss-reactive ketones (excluding diaryl/α,β-unsaturated/α-hetero) is 3. The van der Waals surface area contributed by atoms with Crippen molar-refractivity contribution in [2.45, 2.75) is 70.1 Å². The zero-order valence-electron chi connectivity index (χ0n) is 24.5. The lowest BCUT2D eigenvalue weighted by Crippen LogP contribution is -2.46. The summed E-state index contributed by atoms with van der Waals surface area (Å²) in [6.45, 7) is 7.34. The van der Waals surface area contributed by atoms with Gasteiger partial charge >= 0.3 is 0 Å². The van der Waals surface area contributed by atoms with Crippen molar-refractivity contribution in [2.75, 3.05) is 53.2 Å². The Morgan fingerprint density at radius 1 is 1.10 bits per heavy atom. The summed E-state index contributed by atoms with van der Waals surface area (Å²) in [5.41, 5.74) is -0.00632. The zero-order valence-corrected chi connectivity index (χ0v) is 24.5. The fourth-order valence-electron chi connectivity index (χ4n) is 5.56. The molecule has 4 rings (SSSR count). The lowest BCUT2D eigenvalue weighted by atomic mass is 9.83. The molecule has 0 spiro atoms. The van der Waals surface area contributed by atoms with E-state index in [2.05, 4.69) is 5.32 Å². The standard InChI is InChI=1S/C31H44N2O8/c1-21(15-24(34)19-33-10-13-39-14-11-33)30(37)32-27(16-22-6-8-25(38-3)9-7-22)28(35)18-23(17-26-5-4-12-40-26)29(36)31(2)20-41-31/h6-9,21,23,26-27H,4-5,10-20H2,1-3H3,(H,32,37). The highest BCUT2D eigenvalue weighted by atomic mass is 16.6. The molecule has 1 N–H and O–H groups in total. The third-order valence-corrected chi connectivity index (χ3v) is 8.28. The Balaban J connectivity index is 1.43. The third kappa shape index (κ3) is 9.16. The number of carbonyl (C=O) groups is 4. The minimum atomic E-state index is -0.854. The number of amides is 1. The molecule has 1 aromatic carbocycles. The minimum Gasteiger partial charge on any atom is -0.497 e. The van der Waals surface area contributed by atoms with Gasteiger partial charge in [0.25, 0.3) is 0 Å². The molecule has 3 heterocycles. The molecular weight excluding hydrogens is 528 g/mol. The van der Waals surface area contributed by atoms with Crippen molar-refractivity contribution in [3.8, 4) is 5.75 Å². The molecule has 41 heavy (non-hydrogen) atoms. The van der Waals surface area contributed by atoms with Crippen LogP contribution in [0, 0.1) is 11.8 Å². The molecule has 3 aliphatic rings. The molecule has 1 aromatic rings. The van der Waals surface area contributed by atoms with Crippen molar-refractivity contribution < 1.29 is 38.1 Å². The molecule has 0 aliphatic carbocycles. The highest BCUT2D eigenvalue weighted by molar-refractivity contribution is 5.97. The van der Waals surface area contributed by atoms with E-state index in [0.29, 0.717) is 51.7 Å². The lowest BCUT2D eigenvalue weighted by Gasteiger charge is -2.26. The van der Waals surface area contributed by atoms with Crippen LogP contribution in [-0.4, -0.2) is 99.1 Å². The monoisotopic (exact) mass is 572 g/mol. The zero-order chi connectivity index (χ0) is 29.4. The number of carbonyl (C=O) groups excluding carboxylic acids is 4. The van der Waals surface area contributed by atoms with Crippen LogP contribution in [0.5, 0.6) is 5.75 Å². The number of epoxide rings is 1. The van der Waals surface area contributed by atoms with Crippen molar-refractivity contribution in [1.29, 1.82) is 0 Å². The highest BCUT2D eigenvalue weighted by Crippen LogP contribution is 2.34. The molecule has 226 valence electrons. The Labute approximate surface area is 242 Å². The van der Waals surface area contributed by atoms with Gasteiger partial charge in [0.05, 0.1) is 45.6 Å². The minimum absolute atomic E-state index is 0.0108. The normalized spacial score (nSPS) is 24.7. The van der Waals surface area contributed by atoms with Crippen LogP contribution in [0.4, 0.5) is 0 Å². The van der Waals surface area contributed by atoms with Crippen LogP contribution in [0.15, 0.2) is 24.3 Å². The van der Waals surface area contributed by atoms with Crippen LogP contribution in [0.25, 0.3) is 0 Å². The first-order chi connectivity index (χ1) is 19.7. The number of hydrogen-bond donors (Lipinski definition) is 1. The van der Waals surface area contributed by atoms with Crippen molar-refractivity contribution >= 4 is 23.3 Å². The summed E-state index contributed by atoms with van der Waals surface area (Å²) in [5.74, 6) is -1.15. The summed E-state index contributed by atoms with van der Waals surface area (Å²) >= 11 is 0. The third-order valence-electron chi connectivity index (χ3n) is 8.28. The van der Waals surface area contributed by atoms with Gasteiger partial charge in [-0.15, -0.1) is 0 Å². The van der Waals surface area contributed by atoms with Gasteiger partial charge in [-0.05, 0) is 50.3 Å². The molecule has 0 radical (unpaired) electrons. The number of ether oxygens (including phenoxy) is 4. The summed E-state index contributed by atoms with van der Waals surface area (Å²) in [4.78, 5) is 55.1. The van der Waals surface area contributed by atoms with E-state index < -0.39 is 23.5 Å². The Kier molecular flexibility index (Phi) is 11.1. The molecule has 1 amide bonds. The van der Waals surface area contributed by atoms with Gasteiger partial charge in [-0.3, -0.25) is 24.1 Å². The highest BCUT2D eigenvalue weighted by Gasteiger charge is 2.50. The number of morpholine rings is 1. The SMILES string of the molecule is COc1ccc(CC(NC(=O)C(C)CC(=O)CN2CCOCC2)C(=O)CC(CC2CCCO2)C(=O)C2(C)CO2)cc1. The second-order valence-electron chi connectivity index (χ2n) is 11.8. The topological polar surface area (TPSA) is 124 Å². The van der Waals surface area contributed by atoms with E-state index in [4.69, 9.17) is 18.9 Å². The van der Waals surface area contributed by atoms with Crippen LogP contribution in [0.2, 0.25) is 0 Å². The molecule has 10 heteroatoms. The van der Waals surface area contributed by atoms with E-state index >= 15 is 0 Å². The quantitative estimate of drug-likeness (QED) is 0.297. The van der Waals surface area contributed by atoms with Gasteiger partial charge in [-0.25, -0.2) is 0 Å². The van der Waals surface area contributed by atoms with E-state index in [9.17, 15) is 19.2 Å². The lowest BCUT2D eigenvalue weighted by molar-refractivity contribution is -0.135. The fraction of sp³-hybridized carbons (Fsp3) is 0.677. The first kappa shape index (κ1) is 31.3. The van der Waals surface area contributed by atoms with Gasteiger partial charge in [0.1, 0.15) is 17.1 Å². The molecule has 5 unspecified atom stereocenters. The van der Waals surface area contributed by atoms with Crippen LogP contribution < -0.4 is 10.1 Å². The maximum atomic E-state index is 13.8. The molecule has 3 fully saturated rings. The Hall–Kier alpha value is -2.66. The molecular formula is C31H44N2O8. The molecule has 0 aromatic heterocycles. The number of benzene rings is 1. The van der Waals surface area contributed by atoms with Gasteiger partial charge in [0.15, 0.2) is 11.6 Å². The average Bonchev–Trinajstić information content (AvgIpc) is 3.51. The van der Waals surface area contributed by atoms with Crippen LogP contribution >= 0.6 is 0 Å². The molecule has 5 atom stereocenters. The number of methoxy groups -OCH3 is 1. The smallest absolute Gasteiger partial charge is 0.223 e. The van der Waals surface area contributed by atoms with Gasteiger partial charge < -0.3 is 24.3 Å². The molecule has 10 nitrogen and oxygen atoms in total. The van der Waals surface area contributed by atoms with Gasteiger partial charge in [0, 0.05) is 44.4 Å². The molecule has 3 aliphatic heterocycles. The van der Waals surface area contributed by atoms with E-state index in [1.54, 1.807) is 33.1 Å². The molecule has 0 bridgehead atoms. The predicted molar refractivity (Wildman–Crippen MR) is 151 cm³/mol. The van der Waals surface area contributed by atoms with E-state index in [-0.39, 0.29) is 55.2 Å². The molecule has 3 saturated heterocycles. The number of ketones is 3. The van der Waals surface area contributed by atoms with E-state index in [0.717, 1.165) is 18.4 Å². The van der Waals surface area contributed by atoms with Crippen LogP contribution in [-0.2, 0) is 39.8 Å². The number of hydrogen-bond acceptors (Lipinski definition) is 9. The maximum Gasteiger partial charge on any atom is 0.223 e. The Morgan fingerprint density at radius 3 is 2.41 bits per heavy atom. The number of rotatable bonds is 16. The second-order valence-corrected chi connectivity index (χ2v) is 11.8. The molecule has 0 saturated carbocycles. The van der Waals surface area contributed by atoms with E-state index in [1.165, 1.54) is 0 Å². The fourth-order valence-corrected chi connectivity index (χ4v) is 5.56. The maximum absolute atomic E-state index is 13.8. The second kappa shape index (κ2) is 14.5. The van der Waals surface area contributed by atoms with Crippen molar-refractivity contribution in [3.05, 3.63) is 29.8 Å². The van der Waals surface area contributed by atoms with Crippen LogP contribution in [0.1, 0.15) is 51.5 Å². The summed E-state index contributed by atoms with van der Waals surface area (Å²) in [7, 11) is 1.58. The van der Waals surface area contributed by atoms with E-state index in [1.807, 2.05) is 17.0 Å². The van der Waals surface area contributed by atoms with Crippen molar-refractivity contribution in [3.63, 3.8) is 0 Å². The number of nitrogens with one attached hydrogen (secondary N) is 1.